The fourth-order valence-corrected chi connectivity index (χ4v) is 4.50. The second kappa shape index (κ2) is 11.5. The van der Waals surface area contributed by atoms with Gasteiger partial charge in [0.05, 0.1) is 16.3 Å². The Hall–Kier alpha value is -2.06. The lowest BCUT2D eigenvalue weighted by Gasteiger charge is -2.17. The highest BCUT2D eigenvalue weighted by atomic mass is 35.5. The number of halogens is 2. The van der Waals surface area contributed by atoms with Crippen molar-refractivity contribution in [2.45, 2.75) is 19.1 Å². The molecule has 0 aliphatic carbocycles. The lowest BCUT2D eigenvalue weighted by molar-refractivity contribution is -0.147. The smallest absolute Gasteiger partial charge is 0.329 e. The van der Waals surface area contributed by atoms with Crippen LogP contribution < -0.4 is 5.32 Å². The van der Waals surface area contributed by atoms with E-state index in [-0.39, 0.29) is 17.2 Å². The fourth-order valence-electron chi connectivity index (χ4n) is 2.73. The molecule has 5 nitrogen and oxygen atoms in total. The number of esters is 1. The molecule has 0 radical (unpaired) electrons. The molecule has 1 atom stereocenters. The van der Waals surface area contributed by atoms with E-state index in [4.69, 9.17) is 27.9 Å². The summed E-state index contributed by atoms with van der Waals surface area (Å²) in [4.78, 5) is 29.8. The Morgan fingerprint density at radius 3 is 2.68 bits per heavy atom. The zero-order valence-corrected chi connectivity index (χ0v) is 19.8. The van der Waals surface area contributed by atoms with Crippen molar-refractivity contribution in [1.82, 2.24) is 10.3 Å². The summed E-state index contributed by atoms with van der Waals surface area (Å²) in [6.07, 6.45) is 2.37. The molecule has 31 heavy (non-hydrogen) atoms. The van der Waals surface area contributed by atoms with Crippen LogP contribution in [0.25, 0.3) is 10.6 Å². The monoisotopic (exact) mass is 494 g/mol. The number of rotatable bonds is 9. The summed E-state index contributed by atoms with van der Waals surface area (Å²) in [5, 5.41) is 6.09. The Morgan fingerprint density at radius 2 is 1.97 bits per heavy atom. The van der Waals surface area contributed by atoms with E-state index in [1.807, 2.05) is 42.0 Å². The van der Waals surface area contributed by atoms with Crippen LogP contribution in [0.15, 0.2) is 53.9 Å². The standard InChI is InChI=1S/C22H20Cl2N2O3S2/c1-30-10-9-19(26-20(27)17-8-7-15(23)11-18(17)24)22(28)29-12-16-13-31-21(25-16)14-5-3-2-4-6-14/h2-8,11,13,19H,9-10,12H2,1H3,(H,26,27). The first kappa shape index (κ1) is 23.6. The highest BCUT2D eigenvalue weighted by molar-refractivity contribution is 7.98. The number of nitrogens with zero attached hydrogens (tertiary/aromatic N) is 1. The second-order valence-corrected chi connectivity index (χ2v) is 9.24. The number of benzene rings is 2. The van der Waals surface area contributed by atoms with Gasteiger partial charge in [-0.3, -0.25) is 4.79 Å². The Labute approximate surface area is 199 Å². The molecule has 0 saturated carbocycles. The first-order valence-electron chi connectivity index (χ1n) is 9.39. The largest absolute Gasteiger partial charge is 0.458 e. The van der Waals surface area contributed by atoms with Gasteiger partial charge in [-0.2, -0.15) is 11.8 Å². The summed E-state index contributed by atoms with van der Waals surface area (Å²) < 4.78 is 5.45. The number of aromatic nitrogens is 1. The normalized spacial score (nSPS) is 11.7. The van der Waals surface area contributed by atoms with Crippen LogP contribution in [0.1, 0.15) is 22.5 Å². The van der Waals surface area contributed by atoms with E-state index in [1.165, 1.54) is 23.5 Å². The number of ether oxygens (including phenoxy) is 1. The zero-order valence-electron chi connectivity index (χ0n) is 16.6. The van der Waals surface area contributed by atoms with Crippen molar-refractivity contribution >= 4 is 58.2 Å². The molecule has 3 rings (SSSR count). The maximum Gasteiger partial charge on any atom is 0.329 e. The first-order valence-corrected chi connectivity index (χ1v) is 12.4. The Bertz CT molecular complexity index is 1040. The molecule has 1 N–H and O–H groups in total. The second-order valence-electron chi connectivity index (χ2n) is 6.55. The highest BCUT2D eigenvalue weighted by Crippen LogP contribution is 2.24. The maximum atomic E-state index is 12.7. The molecule has 1 amide bonds. The van der Waals surface area contributed by atoms with Crippen molar-refractivity contribution in [3.05, 3.63) is 75.2 Å². The highest BCUT2D eigenvalue weighted by Gasteiger charge is 2.24. The summed E-state index contributed by atoms with van der Waals surface area (Å²) in [6, 6.07) is 13.6. The van der Waals surface area contributed by atoms with E-state index >= 15 is 0 Å². The van der Waals surface area contributed by atoms with Gasteiger partial charge >= 0.3 is 5.97 Å². The summed E-state index contributed by atoms with van der Waals surface area (Å²) in [7, 11) is 0. The van der Waals surface area contributed by atoms with E-state index in [2.05, 4.69) is 10.3 Å². The van der Waals surface area contributed by atoms with Gasteiger partial charge in [-0.25, -0.2) is 9.78 Å². The molecule has 9 heteroatoms. The van der Waals surface area contributed by atoms with Gasteiger partial charge in [0.2, 0.25) is 0 Å². The van der Waals surface area contributed by atoms with E-state index in [0.29, 0.717) is 22.9 Å². The van der Waals surface area contributed by atoms with Crippen LogP contribution in [-0.2, 0) is 16.1 Å². The summed E-state index contributed by atoms with van der Waals surface area (Å²) >= 11 is 15.1. The molecule has 1 unspecified atom stereocenters. The fraction of sp³-hybridized carbons (Fsp3) is 0.227. The molecule has 0 fully saturated rings. The number of amides is 1. The van der Waals surface area contributed by atoms with Crippen molar-refractivity contribution in [3.8, 4) is 10.6 Å². The molecule has 162 valence electrons. The van der Waals surface area contributed by atoms with Gasteiger partial charge in [-0.15, -0.1) is 11.3 Å². The van der Waals surface area contributed by atoms with E-state index < -0.39 is 17.9 Å². The molecule has 0 saturated heterocycles. The Balaban J connectivity index is 1.63. The SMILES string of the molecule is CSCCC(NC(=O)c1ccc(Cl)cc1Cl)C(=O)OCc1csc(-c2ccccc2)n1. The molecule has 2 aromatic carbocycles. The maximum absolute atomic E-state index is 12.7. The third-order valence-electron chi connectivity index (χ3n) is 4.31. The molecule has 3 aromatic rings. The van der Waals surface area contributed by atoms with Crippen LogP contribution in [0.5, 0.6) is 0 Å². The first-order chi connectivity index (χ1) is 15.0. The Morgan fingerprint density at radius 1 is 1.19 bits per heavy atom. The average molecular weight is 495 g/mol. The van der Waals surface area contributed by atoms with Crippen molar-refractivity contribution in [1.29, 1.82) is 0 Å². The number of hydrogen-bond acceptors (Lipinski definition) is 6. The number of carbonyl (C=O) groups excluding carboxylic acids is 2. The number of thiazole rings is 1. The van der Waals surface area contributed by atoms with Crippen LogP contribution in [0.3, 0.4) is 0 Å². The minimum atomic E-state index is -0.793. The van der Waals surface area contributed by atoms with E-state index in [9.17, 15) is 9.59 Å². The minimum Gasteiger partial charge on any atom is -0.458 e. The van der Waals surface area contributed by atoms with Crippen molar-refractivity contribution in [3.63, 3.8) is 0 Å². The van der Waals surface area contributed by atoms with Gasteiger partial charge in [-0.05, 0) is 36.6 Å². The Kier molecular flexibility index (Phi) is 8.78. The summed E-state index contributed by atoms with van der Waals surface area (Å²) in [5.41, 5.74) is 1.92. The van der Waals surface area contributed by atoms with Crippen molar-refractivity contribution in [2.75, 3.05) is 12.0 Å². The van der Waals surface area contributed by atoms with Crippen LogP contribution in [0.2, 0.25) is 10.0 Å². The van der Waals surface area contributed by atoms with Gasteiger partial charge in [0.15, 0.2) is 0 Å². The number of nitrogens with one attached hydrogen (secondary N) is 1. The molecule has 1 heterocycles. The quantitative estimate of drug-likeness (QED) is 0.385. The van der Waals surface area contributed by atoms with Crippen LogP contribution in [0, 0.1) is 0 Å². The molecular formula is C22H20Cl2N2O3S2. The van der Waals surface area contributed by atoms with Crippen LogP contribution in [0.4, 0.5) is 0 Å². The summed E-state index contributed by atoms with van der Waals surface area (Å²) in [6.45, 7) is 0.0372. The average Bonchev–Trinajstić information content (AvgIpc) is 3.24. The van der Waals surface area contributed by atoms with Crippen LogP contribution >= 0.6 is 46.3 Å². The molecule has 0 bridgehead atoms. The topological polar surface area (TPSA) is 68.3 Å². The minimum absolute atomic E-state index is 0.0372. The van der Waals surface area contributed by atoms with E-state index in [1.54, 1.807) is 17.8 Å². The van der Waals surface area contributed by atoms with Crippen molar-refractivity contribution < 1.29 is 14.3 Å². The zero-order chi connectivity index (χ0) is 22.2. The lowest BCUT2D eigenvalue weighted by atomic mass is 10.1. The molecule has 1 aromatic heterocycles. The predicted octanol–water partition coefficient (Wildman–Crippen LogP) is 5.71. The van der Waals surface area contributed by atoms with Gasteiger partial charge in [0.1, 0.15) is 17.7 Å². The number of hydrogen-bond donors (Lipinski definition) is 1. The number of carbonyl (C=O) groups is 2. The van der Waals surface area contributed by atoms with Crippen molar-refractivity contribution in [2.24, 2.45) is 0 Å². The number of thioether (sulfide) groups is 1. The molecular weight excluding hydrogens is 475 g/mol. The van der Waals surface area contributed by atoms with Gasteiger partial charge in [-0.1, -0.05) is 53.5 Å². The molecule has 0 spiro atoms. The third kappa shape index (κ3) is 6.71. The molecule has 0 aliphatic heterocycles. The van der Waals surface area contributed by atoms with E-state index in [0.717, 1.165) is 10.6 Å². The predicted molar refractivity (Wildman–Crippen MR) is 128 cm³/mol. The van der Waals surface area contributed by atoms with Crippen LogP contribution in [-0.4, -0.2) is 34.9 Å². The lowest BCUT2D eigenvalue weighted by Crippen LogP contribution is -2.42. The van der Waals surface area contributed by atoms with Gasteiger partial charge < -0.3 is 10.1 Å². The molecule has 0 aliphatic rings. The van der Waals surface area contributed by atoms with Gasteiger partial charge in [0.25, 0.3) is 5.91 Å². The van der Waals surface area contributed by atoms with Gasteiger partial charge in [0, 0.05) is 16.0 Å². The third-order valence-corrected chi connectivity index (χ3v) is 6.44. The summed E-state index contributed by atoms with van der Waals surface area (Å²) in [5.74, 6) is -0.282.